The summed E-state index contributed by atoms with van der Waals surface area (Å²) in [7, 11) is 1.64. The third kappa shape index (κ3) is 7.74. The molecule has 2 aromatic carbocycles. The molecule has 0 spiro atoms. The minimum absolute atomic E-state index is 0.0116. The lowest BCUT2D eigenvalue weighted by molar-refractivity contribution is -0.192. The van der Waals surface area contributed by atoms with E-state index in [9.17, 15) is 18.0 Å². The van der Waals surface area contributed by atoms with Gasteiger partial charge in [0.25, 0.3) is 5.91 Å². The lowest BCUT2D eigenvalue weighted by atomic mass is 10.1. The number of halogens is 4. The van der Waals surface area contributed by atoms with E-state index >= 15 is 0 Å². The molecule has 220 valence electrons. The second-order valence-electron chi connectivity index (χ2n) is 9.66. The zero-order valence-electron chi connectivity index (χ0n) is 22.5. The fourth-order valence-electron chi connectivity index (χ4n) is 4.79. The van der Waals surface area contributed by atoms with Crippen LogP contribution in [0.2, 0.25) is 5.02 Å². The van der Waals surface area contributed by atoms with Gasteiger partial charge in [-0.2, -0.15) is 13.2 Å². The molecule has 1 N–H and O–H groups in total. The Morgan fingerprint density at radius 1 is 0.951 bits per heavy atom. The zero-order valence-corrected chi connectivity index (χ0v) is 23.2. The van der Waals surface area contributed by atoms with Gasteiger partial charge < -0.3 is 24.0 Å². The van der Waals surface area contributed by atoms with Crippen molar-refractivity contribution in [3.8, 4) is 22.6 Å². The number of carbonyl (C=O) groups excluding carboxylic acids is 1. The van der Waals surface area contributed by atoms with E-state index < -0.39 is 12.1 Å². The van der Waals surface area contributed by atoms with Crippen LogP contribution in [0.5, 0.6) is 11.5 Å². The first kappa shape index (κ1) is 30.3. The zero-order chi connectivity index (χ0) is 29.6. The maximum atomic E-state index is 13.5. The van der Waals surface area contributed by atoms with Crippen molar-refractivity contribution in [1.82, 2.24) is 9.47 Å². The molecule has 5 rings (SSSR count). The van der Waals surface area contributed by atoms with Crippen LogP contribution in [0.1, 0.15) is 29.8 Å². The average Bonchev–Trinajstić information content (AvgIpc) is 3.59. The van der Waals surface area contributed by atoms with Gasteiger partial charge in [-0.25, -0.2) is 4.79 Å². The fourth-order valence-corrected chi connectivity index (χ4v) is 4.92. The number of rotatable bonds is 7. The number of likely N-dealkylation sites (tertiary alicyclic amines) is 1. The number of hydrogen-bond donors (Lipinski definition) is 1. The summed E-state index contributed by atoms with van der Waals surface area (Å²) in [4.78, 5) is 26.7. The Kier molecular flexibility index (Phi) is 9.82. The van der Waals surface area contributed by atoms with Crippen LogP contribution in [0.25, 0.3) is 11.1 Å². The summed E-state index contributed by atoms with van der Waals surface area (Å²) < 4.78 is 45.4. The predicted molar refractivity (Wildman–Crippen MR) is 149 cm³/mol. The molecule has 0 saturated carbocycles. The van der Waals surface area contributed by atoms with Crippen molar-refractivity contribution in [2.75, 3.05) is 44.8 Å². The lowest BCUT2D eigenvalue weighted by Crippen LogP contribution is -2.31. The number of aliphatic carboxylic acids is 1. The predicted octanol–water partition coefficient (Wildman–Crippen LogP) is 5.98. The number of alkyl halides is 3. The Morgan fingerprint density at radius 3 is 2.27 bits per heavy atom. The van der Waals surface area contributed by atoms with E-state index in [1.165, 1.54) is 12.8 Å². The Labute approximate surface area is 240 Å². The van der Waals surface area contributed by atoms with Gasteiger partial charge in [-0.3, -0.25) is 9.69 Å². The summed E-state index contributed by atoms with van der Waals surface area (Å²) in [5.74, 6) is -1.41. The number of aryl methyl sites for hydroxylation is 1. The number of carbonyl (C=O) groups is 2. The molecule has 3 heterocycles. The fraction of sp³-hybridized carbons (Fsp3) is 0.379. The summed E-state index contributed by atoms with van der Waals surface area (Å²) in [6.07, 6.45) is 0.376. The van der Waals surface area contributed by atoms with E-state index in [0.717, 1.165) is 49.4 Å². The van der Waals surface area contributed by atoms with Gasteiger partial charge in [0.1, 0.15) is 12.3 Å². The van der Waals surface area contributed by atoms with Crippen molar-refractivity contribution < 1.29 is 37.3 Å². The Balaban J connectivity index is 0.000000493. The summed E-state index contributed by atoms with van der Waals surface area (Å²) in [5.41, 5.74) is 3.56. The van der Waals surface area contributed by atoms with Crippen molar-refractivity contribution in [3.05, 3.63) is 65.4 Å². The normalized spacial score (nSPS) is 15.5. The molecule has 0 aliphatic carbocycles. The molecule has 1 aromatic heterocycles. The van der Waals surface area contributed by atoms with Crippen LogP contribution in [0.3, 0.4) is 0 Å². The topological polar surface area (TPSA) is 84.2 Å². The third-order valence-electron chi connectivity index (χ3n) is 6.88. The van der Waals surface area contributed by atoms with E-state index in [-0.39, 0.29) is 5.91 Å². The van der Waals surface area contributed by atoms with Gasteiger partial charge in [-0.05, 0) is 68.2 Å². The highest BCUT2D eigenvalue weighted by Crippen LogP contribution is 2.34. The summed E-state index contributed by atoms with van der Waals surface area (Å²) in [5, 5.41) is 7.82. The number of carboxylic acid groups (broad SMARTS) is 1. The molecule has 0 unspecified atom stereocenters. The van der Waals surface area contributed by atoms with Crippen LogP contribution in [0.4, 0.5) is 18.9 Å². The Hall–Kier alpha value is -3.70. The highest BCUT2D eigenvalue weighted by atomic mass is 35.5. The van der Waals surface area contributed by atoms with Crippen molar-refractivity contribution in [3.63, 3.8) is 0 Å². The van der Waals surface area contributed by atoms with Crippen LogP contribution < -0.4 is 14.4 Å². The quantitative estimate of drug-likeness (QED) is 0.363. The van der Waals surface area contributed by atoms with Gasteiger partial charge in [0.05, 0.1) is 7.11 Å². The highest BCUT2D eigenvalue weighted by molar-refractivity contribution is 6.30. The molecule has 1 fully saturated rings. The molecule has 2 aliphatic rings. The van der Waals surface area contributed by atoms with Crippen molar-refractivity contribution >= 4 is 29.2 Å². The van der Waals surface area contributed by atoms with Gasteiger partial charge in [-0.15, -0.1) is 0 Å². The van der Waals surface area contributed by atoms with Crippen LogP contribution in [-0.4, -0.2) is 72.5 Å². The number of anilines is 1. The van der Waals surface area contributed by atoms with E-state index in [4.69, 9.17) is 31.0 Å². The number of nitrogens with zero attached hydrogens (tertiary/aromatic N) is 3. The van der Waals surface area contributed by atoms with Crippen LogP contribution in [-0.2, 0) is 11.3 Å². The molecule has 12 heteroatoms. The summed E-state index contributed by atoms with van der Waals surface area (Å²) >= 11 is 6.04. The SMILES string of the molecule is COc1cc(N2CCCn3cc(-c4ccc(Cl)cc4)cc3C2=O)ccc1OCCN1CCCC1.O=C(O)C(F)(F)F. The van der Waals surface area contributed by atoms with Crippen LogP contribution in [0, 0.1) is 0 Å². The minimum atomic E-state index is -5.08. The van der Waals surface area contributed by atoms with Gasteiger partial charge in [0.2, 0.25) is 0 Å². The minimum Gasteiger partial charge on any atom is -0.493 e. The van der Waals surface area contributed by atoms with Crippen molar-refractivity contribution in [2.24, 2.45) is 0 Å². The molecule has 1 saturated heterocycles. The molecule has 0 bridgehead atoms. The summed E-state index contributed by atoms with van der Waals surface area (Å²) in [6, 6.07) is 15.4. The molecule has 41 heavy (non-hydrogen) atoms. The first-order valence-corrected chi connectivity index (χ1v) is 13.6. The van der Waals surface area contributed by atoms with E-state index in [2.05, 4.69) is 15.7 Å². The molecule has 1 amide bonds. The van der Waals surface area contributed by atoms with Crippen molar-refractivity contribution in [2.45, 2.75) is 32.0 Å². The third-order valence-corrected chi connectivity index (χ3v) is 7.14. The van der Waals surface area contributed by atoms with Crippen LogP contribution in [0.15, 0.2) is 54.7 Å². The Morgan fingerprint density at radius 2 is 1.63 bits per heavy atom. The monoisotopic (exact) mass is 593 g/mol. The van der Waals surface area contributed by atoms with E-state index in [1.54, 1.807) is 7.11 Å². The first-order valence-electron chi connectivity index (χ1n) is 13.2. The number of aromatic nitrogens is 1. The van der Waals surface area contributed by atoms with Crippen LogP contribution >= 0.6 is 11.6 Å². The smallest absolute Gasteiger partial charge is 0.490 e. The van der Waals surface area contributed by atoms with Gasteiger partial charge in [0, 0.05) is 48.2 Å². The van der Waals surface area contributed by atoms with E-state index in [1.807, 2.05) is 53.4 Å². The molecule has 0 radical (unpaired) electrons. The second kappa shape index (κ2) is 13.3. The summed E-state index contributed by atoms with van der Waals surface area (Å²) in [6.45, 7) is 5.28. The number of carboxylic acids is 1. The lowest BCUT2D eigenvalue weighted by Gasteiger charge is -2.22. The van der Waals surface area contributed by atoms with Gasteiger partial charge in [0.15, 0.2) is 11.5 Å². The molecular weight excluding hydrogens is 563 g/mol. The number of ether oxygens (including phenoxy) is 2. The van der Waals surface area contributed by atoms with Crippen molar-refractivity contribution in [1.29, 1.82) is 0 Å². The molecule has 2 aliphatic heterocycles. The molecule has 8 nitrogen and oxygen atoms in total. The maximum absolute atomic E-state index is 13.5. The number of methoxy groups -OCH3 is 1. The Bertz CT molecular complexity index is 1350. The highest BCUT2D eigenvalue weighted by Gasteiger charge is 2.38. The molecule has 0 atom stereocenters. The largest absolute Gasteiger partial charge is 0.493 e. The van der Waals surface area contributed by atoms with Gasteiger partial charge >= 0.3 is 12.1 Å². The van der Waals surface area contributed by atoms with Gasteiger partial charge in [-0.1, -0.05) is 23.7 Å². The number of hydrogen-bond acceptors (Lipinski definition) is 5. The van der Waals surface area contributed by atoms with E-state index in [0.29, 0.717) is 35.4 Å². The number of amides is 1. The molecular formula is C29H31ClF3N3O5. The standard InChI is InChI=1S/C27H30ClN3O3.C2HF3O2/c1-33-26-18-23(9-10-25(26)34-16-15-29-11-2-3-12-29)31-14-4-13-30-19-21(17-24(30)27(31)32)20-5-7-22(28)8-6-20;3-2(4,5)1(6)7/h5-10,17-19H,2-4,11-16H2,1H3;(H,6,7). The molecule has 3 aromatic rings. The second-order valence-corrected chi connectivity index (χ2v) is 10.1. The maximum Gasteiger partial charge on any atom is 0.490 e. The average molecular weight is 594 g/mol. The number of fused-ring (bicyclic) bond motifs is 1. The number of benzene rings is 2. The first-order chi connectivity index (χ1) is 19.6.